The maximum absolute atomic E-state index is 5.14. The summed E-state index contributed by atoms with van der Waals surface area (Å²) >= 11 is 5.14. The average Bonchev–Trinajstić information content (AvgIpc) is 2.78. The molecule has 0 aliphatic heterocycles. The van der Waals surface area contributed by atoms with Crippen LogP contribution < -0.4 is 0 Å². The van der Waals surface area contributed by atoms with Crippen molar-refractivity contribution in [3.05, 3.63) is 66.5 Å². The molecular formula is C15H11NS. The van der Waals surface area contributed by atoms with Gasteiger partial charge in [0.1, 0.15) is 0 Å². The van der Waals surface area contributed by atoms with Gasteiger partial charge in [0.15, 0.2) is 0 Å². The Morgan fingerprint density at radius 3 is 2.47 bits per heavy atom. The fourth-order valence-electron chi connectivity index (χ4n) is 2.11. The first kappa shape index (κ1) is 10.2. The minimum Gasteiger partial charge on any atom is -0.316 e. The lowest BCUT2D eigenvalue weighted by atomic mass is 10.1. The SMILES string of the molecule is S=Cc1c(-c2ccccc2)cc2ccccn12. The van der Waals surface area contributed by atoms with Gasteiger partial charge in [-0.2, -0.15) is 0 Å². The molecule has 3 aromatic rings. The second kappa shape index (κ2) is 4.15. The molecule has 0 amide bonds. The van der Waals surface area contributed by atoms with Crippen molar-refractivity contribution in [2.24, 2.45) is 0 Å². The summed E-state index contributed by atoms with van der Waals surface area (Å²) in [5.41, 5.74) is 4.63. The van der Waals surface area contributed by atoms with E-state index < -0.39 is 0 Å². The van der Waals surface area contributed by atoms with E-state index in [1.807, 2.05) is 36.5 Å². The molecule has 0 spiro atoms. The van der Waals surface area contributed by atoms with Crippen LogP contribution in [0, 0.1) is 0 Å². The van der Waals surface area contributed by atoms with E-state index in [0.717, 1.165) is 5.69 Å². The molecule has 2 heteroatoms. The zero-order valence-electron chi connectivity index (χ0n) is 9.21. The number of hydrogen-bond donors (Lipinski definition) is 0. The van der Waals surface area contributed by atoms with E-state index in [2.05, 4.69) is 28.7 Å². The lowest BCUT2D eigenvalue weighted by Crippen LogP contribution is -1.90. The summed E-state index contributed by atoms with van der Waals surface area (Å²) in [7, 11) is 0. The molecular weight excluding hydrogens is 226 g/mol. The maximum Gasteiger partial charge on any atom is 0.0641 e. The average molecular weight is 237 g/mol. The Morgan fingerprint density at radius 2 is 1.71 bits per heavy atom. The first-order chi connectivity index (χ1) is 8.40. The lowest BCUT2D eigenvalue weighted by molar-refractivity contribution is 1.19. The summed E-state index contributed by atoms with van der Waals surface area (Å²) < 4.78 is 2.12. The molecule has 0 aliphatic carbocycles. The predicted octanol–water partition coefficient (Wildman–Crippen LogP) is 3.95. The molecule has 0 radical (unpaired) electrons. The third-order valence-electron chi connectivity index (χ3n) is 2.92. The molecule has 2 heterocycles. The first-order valence-electron chi connectivity index (χ1n) is 5.51. The molecule has 0 bridgehead atoms. The zero-order valence-corrected chi connectivity index (χ0v) is 10.0. The van der Waals surface area contributed by atoms with Crippen molar-refractivity contribution >= 4 is 23.1 Å². The highest BCUT2D eigenvalue weighted by Crippen LogP contribution is 2.26. The van der Waals surface area contributed by atoms with Crippen LogP contribution in [0.25, 0.3) is 16.6 Å². The molecule has 1 aromatic carbocycles. The van der Waals surface area contributed by atoms with E-state index in [1.54, 1.807) is 5.37 Å². The zero-order chi connectivity index (χ0) is 11.7. The molecule has 0 fully saturated rings. The summed E-state index contributed by atoms with van der Waals surface area (Å²) in [5.74, 6) is 0. The molecule has 0 saturated heterocycles. The minimum absolute atomic E-state index is 1.07. The third-order valence-corrected chi connectivity index (χ3v) is 3.14. The molecule has 0 saturated carbocycles. The molecule has 17 heavy (non-hydrogen) atoms. The first-order valence-corrected chi connectivity index (χ1v) is 5.98. The van der Waals surface area contributed by atoms with E-state index in [1.165, 1.54) is 16.6 Å². The van der Waals surface area contributed by atoms with Gasteiger partial charge in [-0.25, -0.2) is 0 Å². The molecule has 2 aromatic heterocycles. The second-order valence-electron chi connectivity index (χ2n) is 3.92. The summed E-state index contributed by atoms with van der Waals surface area (Å²) in [6.45, 7) is 0. The predicted molar refractivity (Wildman–Crippen MR) is 75.6 cm³/mol. The molecule has 0 aliphatic rings. The number of hydrogen-bond acceptors (Lipinski definition) is 1. The van der Waals surface area contributed by atoms with E-state index >= 15 is 0 Å². The van der Waals surface area contributed by atoms with Gasteiger partial charge in [0.05, 0.1) is 5.69 Å². The Bertz CT molecular complexity index is 668. The fraction of sp³-hybridized carbons (Fsp3) is 0. The van der Waals surface area contributed by atoms with E-state index in [4.69, 9.17) is 12.2 Å². The molecule has 82 valence electrons. The highest BCUT2D eigenvalue weighted by atomic mass is 32.1. The van der Waals surface area contributed by atoms with Crippen molar-refractivity contribution in [2.45, 2.75) is 0 Å². The molecule has 0 unspecified atom stereocenters. The highest BCUT2D eigenvalue weighted by molar-refractivity contribution is 7.79. The lowest BCUT2D eigenvalue weighted by Gasteiger charge is -2.00. The number of aromatic nitrogens is 1. The molecule has 0 atom stereocenters. The van der Waals surface area contributed by atoms with Gasteiger partial charge in [0.2, 0.25) is 0 Å². The Hall–Kier alpha value is -1.93. The van der Waals surface area contributed by atoms with Crippen LogP contribution in [0.3, 0.4) is 0 Å². The van der Waals surface area contributed by atoms with E-state index in [-0.39, 0.29) is 0 Å². The largest absolute Gasteiger partial charge is 0.316 e. The topological polar surface area (TPSA) is 4.41 Å². The van der Waals surface area contributed by atoms with E-state index in [9.17, 15) is 0 Å². The Morgan fingerprint density at radius 1 is 0.941 bits per heavy atom. The highest BCUT2D eigenvalue weighted by Gasteiger charge is 2.08. The van der Waals surface area contributed by atoms with Crippen LogP contribution in [0.5, 0.6) is 0 Å². The van der Waals surface area contributed by atoms with Gasteiger partial charge >= 0.3 is 0 Å². The minimum atomic E-state index is 1.07. The number of thiocarbonyl (C=S) groups is 1. The van der Waals surface area contributed by atoms with Gasteiger partial charge in [-0.05, 0) is 23.8 Å². The maximum atomic E-state index is 5.14. The standard InChI is InChI=1S/C15H11NS/c17-11-15-14(12-6-2-1-3-7-12)10-13-8-4-5-9-16(13)15/h1-11H. The van der Waals surface area contributed by atoms with Gasteiger partial charge in [-0.15, -0.1) is 0 Å². The summed E-state index contributed by atoms with van der Waals surface area (Å²) in [6.07, 6.45) is 2.04. The van der Waals surface area contributed by atoms with Crippen LogP contribution in [-0.2, 0) is 0 Å². The summed E-state index contributed by atoms with van der Waals surface area (Å²) in [5, 5.41) is 1.75. The number of nitrogens with zero attached hydrogens (tertiary/aromatic N) is 1. The van der Waals surface area contributed by atoms with Crippen LogP contribution in [0.1, 0.15) is 5.69 Å². The van der Waals surface area contributed by atoms with Crippen molar-refractivity contribution in [1.82, 2.24) is 4.40 Å². The van der Waals surface area contributed by atoms with Crippen LogP contribution >= 0.6 is 12.2 Å². The van der Waals surface area contributed by atoms with E-state index in [0.29, 0.717) is 0 Å². The van der Waals surface area contributed by atoms with Crippen LogP contribution in [0.15, 0.2) is 60.8 Å². The van der Waals surface area contributed by atoms with Gasteiger partial charge < -0.3 is 4.40 Å². The quantitative estimate of drug-likeness (QED) is 0.611. The third kappa shape index (κ3) is 1.67. The van der Waals surface area contributed by atoms with Crippen molar-refractivity contribution in [3.8, 4) is 11.1 Å². The number of pyridine rings is 1. The second-order valence-corrected chi connectivity index (χ2v) is 4.16. The Balaban J connectivity index is 2.33. The molecule has 0 N–H and O–H groups in total. The van der Waals surface area contributed by atoms with Crippen molar-refractivity contribution < 1.29 is 0 Å². The van der Waals surface area contributed by atoms with Crippen molar-refractivity contribution in [1.29, 1.82) is 0 Å². The van der Waals surface area contributed by atoms with Crippen LogP contribution in [-0.4, -0.2) is 9.77 Å². The fourth-order valence-corrected chi connectivity index (χ4v) is 2.35. The Labute approximate surface area is 105 Å². The molecule has 3 rings (SSSR count). The smallest absolute Gasteiger partial charge is 0.0641 e. The van der Waals surface area contributed by atoms with Crippen LogP contribution in [0.2, 0.25) is 0 Å². The number of rotatable bonds is 2. The normalized spacial score (nSPS) is 10.6. The summed E-state index contributed by atoms with van der Waals surface area (Å²) in [6, 6.07) is 18.7. The number of fused-ring (bicyclic) bond motifs is 1. The molecule has 1 nitrogen and oxygen atoms in total. The monoisotopic (exact) mass is 237 g/mol. The van der Waals surface area contributed by atoms with Gasteiger partial charge in [0.25, 0.3) is 0 Å². The van der Waals surface area contributed by atoms with Crippen molar-refractivity contribution in [3.63, 3.8) is 0 Å². The van der Waals surface area contributed by atoms with Gasteiger partial charge in [-0.1, -0.05) is 48.6 Å². The number of benzene rings is 1. The van der Waals surface area contributed by atoms with Crippen LogP contribution in [0.4, 0.5) is 0 Å². The van der Waals surface area contributed by atoms with Gasteiger partial charge in [-0.3, -0.25) is 0 Å². The Kier molecular flexibility index (Phi) is 2.50. The summed E-state index contributed by atoms with van der Waals surface area (Å²) in [4.78, 5) is 0. The van der Waals surface area contributed by atoms with Gasteiger partial charge in [0, 0.05) is 22.6 Å². The van der Waals surface area contributed by atoms with Crippen molar-refractivity contribution in [2.75, 3.05) is 0 Å².